The largest absolute Gasteiger partial charge is 0.340 e. The molecule has 1 aliphatic heterocycles. The molecule has 100 valence electrons. The summed E-state index contributed by atoms with van der Waals surface area (Å²) < 4.78 is 0. The Balaban J connectivity index is 2.18. The van der Waals surface area contributed by atoms with E-state index in [2.05, 4.69) is 41.7 Å². The molecule has 1 aromatic rings. The summed E-state index contributed by atoms with van der Waals surface area (Å²) in [6.45, 7) is 8.39. The normalized spacial score (nSPS) is 21.3. The second-order valence-electron chi connectivity index (χ2n) is 5.21. The highest BCUT2D eigenvalue weighted by atomic mass is 15.3. The van der Waals surface area contributed by atoms with Crippen LogP contribution in [0.4, 0.5) is 5.95 Å². The molecule has 0 aliphatic carbocycles. The van der Waals surface area contributed by atoms with Gasteiger partial charge >= 0.3 is 0 Å². The van der Waals surface area contributed by atoms with Gasteiger partial charge in [0.15, 0.2) is 0 Å². The maximum Gasteiger partial charge on any atom is 0.225 e. The molecular formula is C14H24N4. The number of aromatic nitrogens is 2. The SMILES string of the molecule is CCc1cc(CC)nc(N2CCC(C(C)N)C2)n1. The molecule has 2 unspecified atom stereocenters. The van der Waals surface area contributed by atoms with Crippen LogP contribution in [0.25, 0.3) is 0 Å². The van der Waals surface area contributed by atoms with Crippen LogP contribution < -0.4 is 10.6 Å². The molecule has 0 radical (unpaired) electrons. The Bertz CT molecular complexity index is 381. The first-order chi connectivity index (χ1) is 8.63. The summed E-state index contributed by atoms with van der Waals surface area (Å²) in [7, 11) is 0. The average Bonchev–Trinajstić information content (AvgIpc) is 2.87. The first-order valence-electron chi connectivity index (χ1n) is 7.01. The molecule has 2 atom stereocenters. The number of hydrogen-bond donors (Lipinski definition) is 1. The van der Waals surface area contributed by atoms with Crippen molar-refractivity contribution in [2.45, 2.75) is 46.1 Å². The second kappa shape index (κ2) is 5.65. The molecule has 0 saturated carbocycles. The van der Waals surface area contributed by atoms with E-state index in [0.717, 1.165) is 49.7 Å². The highest BCUT2D eigenvalue weighted by molar-refractivity contribution is 5.34. The summed E-state index contributed by atoms with van der Waals surface area (Å²) in [5.41, 5.74) is 8.26. The molecule has 1 aromatic heterocycles. The van der Waals surface area contributed by atoms with Crippen LogP contribution in [-0.2, 0) is 12.8 Å². The number of anilines is 1. The lowest BCUT2D eigenvalue weighted by Crippen LogP contribution is -2.30. The summed E-state index contributed by atoms with van der Waals surface area (Å²) in [5, 5.41) is 0. The number of nitrogens with zero attached hydrogens (tertiary/aromatic N) is 3. The van der Waals surface area contributed by atoms with Crippen LogP contribution in [0.15, 0.2) is 6.07 Å². The van der Waals surface area contributed by atoms with Crippen molar-refractivity contribution in [2.24, 2.45) is 11.7 Å². The Morgan fingerprint density at radius 2 is 1.94 bits per heavy atom. The smallest absolute Gasteiger partial charge is 0.225 e. The lowest BCUT2D eigenvalue weighted by molar-refractivity contribution is 0.487. The average molecular weight is 248 g/mol. The maximum atomic E-state index is 5.98. The van der Waals surface area contributed by atoms with Gasteiger partial charge in [0.1, 0.15) is 0 Å². The molecule has 0 bridgehead atoms. The lowest BCUT2D eigenvalue weighted by Gasteiger charge is -2.19. The molecular weight excluding hydrogens is 224 g/mol. The van der Waals surface area contributed by atoms with E-state index in [0.29, 0.717) is 5.92 Å². The number of nitrogens with two attached hydrogens (primary N) is 1. The van der Waals surface area contributed by atoms with E-state index in [1.165, 1.54) is 0 Å². The predicted octanol–water partition coefficient (Wildman–Crippen LogP) is 1.77. The minimum Gasteiger partial charge on any atom is -0.340 e. The first kappa shape index (κ1) is 13.3. The van der Waals surface area contributed by atoms with Gasteiger partial charge in [0.2, 0.25) is 5.95 Å². The van der Waals surface area contributed by atoms with Gasteiger partial charge in [0, 0.05) is 30.5 Å². The fourth-order valence-corrected chi connectivity index (χ4v) is 2.44. The van der Waals surface area contributed by atoms with Crippen molar-refractivity contribution in [2.75, 3.05) is 18.0 Å². The third-order valence-corrected chi connectivity index (χ3v) is 3.80. The Kier molecular flexibility index (Phi) is 4.17. The van der Waals surface area contributed by atoms with Crippen LogP contribution in [0.2, 0.25) is 0 Å². The van der Waals surface area contributed by atoms with Crippen LogP contribution >= 0.6 is 0 Å². The summed E-state index contributed by atoms with van der Waals surface area (Å²) in [6, 6.07) is 2.37. The zero-order chi connectivity index (χ0) is 13.1. The Morgan fingerprint density at radius 3 is 2.39 bits per heavy atom. The van der Waals surface area contributed by atoms with Crippen LogP contribution in [0.3, 0.4) is 0 Å². The van der Waals surface area contributed by atoms with Crippen molar-refractivity contribution in [3.05, 3.63) is 17.5 Å². The van der Waals surface area contributed by atoms with Crippen molar-refractivity contribution in [1.82, 2.24) is 9.97 Å². The summed E-state index contributed by atoms with van der Waals surface area (Å²) in [4.78, 5) is 11.6. The van der Waals surface area contributed by atoms with Gasteiger partial charge in [-0.1, -0.05) is 13.8 Å². The van der Waals surface area contributed by atoms with Gasteiger partial charge in [-0.05, 0) is 38.2 Å². The van der Waals surface area contributed by atoms with Gasteiger partial charge in [-0.2, -0.15) is 0 Å². The van der Waals surface area contributed by atoms with Crippen molar-refractivity contribution >= 4 is 5.95 Å². The highest BCUT2D eigenvalue weighted by Gasteiger charge is 2.27. The second-order valence-corrected chi connectivity index (χ2v) is 5.21. The molecule has 4 heteroatoms. The van der Waals surface area contributed by atoms with Crippen molar-refractivity contribution in [3.63, 3.8) is 0 Å². The lowest BCUT2D eigenvalue weighted by atomic mass is 10.0. The van der Waals surface area contributed by atoms with Crippen LogP contribution in [-0.4, -0.2) is 29.1 Å². The molecule has 4 nitrogen and oxygen atoms in total. The van der Waals surface area contributed by atoms with Gasteiger partial charge in [-0.15, -0.1) is 0 Å². The molecule has 2 heterocycles. The number of aryl methyl sites for hydroxylation is 2. The zero-order valence-corrected chi connectivity index (χ0v) is 11.7. The first-order valence-corrected chi connectivity index (χ1v) is 7.01. The molecule has 2 N–H and O–H groups in total. The highest BCUT2D eigenvalue weighted by Crippen LogP contribution is 2.23. The summed E-state index contributed by atoms with van der Waals surface area (Å²) in [6.07, 6.45) is 3.08. The van der Waals surface area contributed by atoms with Crippen molar-refractivity contribution in [1.29, 1.82) is 0 Å². The van der Waals surface area contributed by atoms with Crippen LogP contribution in [0.1, 0.15) is 38.6 Å². The van der Waals surface area contributed by atoms with Gasteiger partial charge in [-0.3, -0.25) is 0 Å². The van der Waals surface area contributed by atoms with Gasteiger partial charge < -0.3 is 10.6 Å². The van der Waals surface area contributed by atoms with Gasteiger partial charge in [0.25, 0.3) is 0 Å². The Hall–Kier alpha value is -1.16. The standard InChI is InChI=1S/C14H24N4/c1-4-12-8-13(5-2)17-14(16-12)18-7-6-11(9-18)10(3)15/h8,10-11H,4-7,9,15H2,1-3H3. The van der Waals surface area contributed by atoms with E-state index in [4.69, 9.17) is 5.73 Å². The minimum absolute atomic E-state index is 0.259. The van der Waals surface area contributed by atoms with Crippen LogP contribution in [0, 0.1) is 5.92 Å². The van der Waals surface area contributed by atoms with E-state index in [1.54, 1.807) is 0 Å². The van der Waals surface area contributed by atoms with Crippen molar-refractivity contribution < 1.29 is 0 Å². The quantitative estimate of drug-likeness (QED) is 0.882. The molecule has 1 aliphatic rings. The molecule has 0 amide bonds. The molecule has 0 aromatic carbocycles. The van der Waals surface area contributed by atoms with E-state index >= 15 is 0 Å². The third kappa shape index (κ3) is 2.80. The van der Waals surface area contributed by atoms with Crippen molar-refractivity contribution in [3.8, 4) is 0 Å². The molecule has 2 rings (SSSR count). The fourth-order valence-electron chi connectivity index (χ4n) is 2.44. The summed E-state index contributed by atoms with van der Waals surface area (Å²) in [5.74, 6) is 1.47. The van der Waals surface area contributed by atoms with E-state index in [1.807, 2.05) is 0 Å². The van der Waals surface area contributed by atoms with Crippen LogP contribution in [0.5, 0.6) is 0 Å². The molecule has 1 fully saturated rings. The zero-order valence-electron chi connectivity index (χ0n) is 11.7. The number of hydrogen-bond acceptors (Lipinski definition) is 4. The van der Waals surface area contributed by atoms with Gasteiger partial charge in [-0.25, -0.2) is 9.97 Å². The number of rotatable bonds is 4. The molecule has 0 spiro atoms. The minimum atomic E-state index is 0.259. The Labute approximate surface area is 110 Å². The van der Waals surface area contributed by atoms with E-state index in [-0.39, 0.29) is 6.04 Å². The fraction of sp³-hybridized carbons (Fsp3) is 0.714. The third-order valence-electron chi connectivity index (χ3n) is 3.80. The predicted molar refractivity (Wildman–Crippen MR) is 74.8 cm³/mol. The van der Waals surface area contributed by atoms with E-state index in [9.17, 15) is 0 Å². The van der Waals surface area contributed by atoms with Gasteiger partial charge in [0.05, 0.1) is 0 Å². The summed E-state index contributed by atoms with van der Waals surface area (Å²) >= 11 is 0. The van der Waals surface area contributed by atoms with E-state index < -0.39 is 0 Å². The monoisotopic (exact) mass is 248 g/mol. The Morgan fingerprint density at radius 1 is 1.33 bits per heavy atom. The molecule has 1 saturated heterocycles. The maximum absolute atomic E-state index is 5.98. The molecule has 18 heavy (non-hydrogen) atoms. The topological polar surface area (TPSA) is 55.0 Å².